The fourth-order valence-corrected chi connectivity index (χ4v) is 8.00. The molecule has 3 aliphatic rings. The van der Waals surface area contributed by atoms with Gasteiger partial charge < -0.3 is 9.84 Å². The molecular formula is C32H41ClO3. The van der Waals surface area contributed by atoms with Crippen molar-refractivity contribution in [3.05, 3.63) is 63.7 Å². The van der Waals surface area contributed by atoms with Gasteiger partial charge in [0.2, 0.25) is 0 Å². The molecule has 0 spiro atoms. The third kappa shape index (κ3) is 5.38. The summed E-state index contributed by atoms with van der Waals surface area (Å²) in [7, 11) is 0. The largest absolute Gasteiger partial charge is 0.426 e. The molecule has 0 saturated heterocycles. The zero-order valence-electron chi connectivity index (χ0n) is 21.8. The monoisotopic (exact) mass is 508 g/mol. The predicted octanol–water partition coefficient (Wildman–Crippen LogP) is 8.31. The number of carbonyl (C=O) groups excluding carboxylic acids is 1. The Morgan fingerprint density at radius 1 is 1.06 bits per heavy atom. The van der Waals surface area contributed by atoms with Crippen molar-refractivity contribution in [3.63, 3.8) is 0 Å². The molecule has 0 amide bonds. The van der Waals surface area contributed by atoms with Crippen LogP contribution >= 0.6 is 11.6 Å². The normalized spacial score (nSPS) is 27.9. The summed E-state index contributed by atoms with van der Waals surface area (Å²) in [6.45, 7) is 3.77. The zero-order chi connectivity index (χ0) is 25.2. The molecule has 194 valence electrons. The standard InChI is InChI=1S/C32H41ClO3/c1-20(24-11-7-8-14-30(24)33)9-3-4-10-22-17-28-26-13-6-5-12-25(26)27-16-15-23(35)19-29(27)32(28)31(18-22)36-21(2)34/h7-8,11,14,17-18,20,23,25-27,29,35H,3-6,9-10,12-13,15-16,19H2,1-2H3. The summed E-state index contributed by atoms with van der Waals surface area (Å²) in [6, 6.07) is 12.8. The second-order valence-corrected chi connectivity index (χ2v) is 12.1. The van der Waals surface area contributed by atoms with Crippen molar-refractivity contribution in [3.8, 4) is 5.75 Å². The molecule has 0 aliphatic heterocycles. The molecular weight excluding hydrogens is 468 g/mol. The van der Waals surface area contributed by atoms with Gasteiger partial charge in [-0.05, 0) is 110 Å². The van der Waals surface area contributed by atoms with Gasteiger partial charge in [-0.1, -0.05) is 62.1 Å². The first-order chi connectivity index (χ1) is 17.4. The van der Waals surface area contributed by atoms with Crippen LogP contribution in [0.2, 0.25) is 5.02 Å². The maximum absolute atomic E-state index is 12.1. The first-order valence-corrected chi connectivity index (χ1v) is 14.6. The number of hydrogen-bond acceptors (Lipinski definition) is 3. The molecule has 0 heterocycles. The van der Waals surface area contributed by atoms with E-state index in [1.807, 2.05) is 12.1 Å². The van der Waals surface area contributed by atoms with Crippen molar-refractivity contribution in [2.45, 2.75) is 108 Å². The number of carbonyl (C=O) groups is 1. The lowest BCUT2D eigenvalue weighted by atomic mass is 9.55. The maximum atomic E-state index is 12.1. The summed E-state index contributed by atoms with van der Waals surface area (Å²) in [6.07, 6.45) is 12.0. The summed E-state index contributed by atoms with van der Waals surface area (Å²) >= 11 is 6.41. The molecule has 5 rings (SSSR count). The van der Waals surface area contributed by atoms with Crippen molar-refractivity contribution in [1.29, 1.82) is 0 Å². The molecule has 6 unspecified atom stereocenters. The van der Waals surface area contributed by atoms with Crippen molar-refractivity contribution >= 4 is 17.6 Å². The molecule has 3 nitrogen and oxygen atoms in total. The van der Waals surface area contributed by atoms with Crippen molar-refractivity contribution in [1.82, 2.24) is 0 Å². The number of unbranched alkanes of at least 4 members (excludes halogenated alkanes) is 1. The second-order valence-electron chi connectivity index (χ2n) is 11.7. The molecule has 2 saturated carbocycles. The molecule has 36 heavy (non-hydrogen) atoms. The van der Waals surface area contributed by atoms with Gasteiger partial charge >= 0.3 is 5.97 Å². The van der Waals surface area contributed by atoms with Crippen molar-refractivity contribution < 1.29 is 14.6 Å². The van der Waals surface area contributed by atoms with Crippen LogP contribution in [-0.4, -0.2) is 17.2 Å². The van der Waals surface area contributed by atoms with E-state index < -0.39 is 0 Å². The van der Waals surface area contributed by atoms with E-state index in [9.17, 15) is 9.90 Å². The maximum Gasteiger partial charge on any atom is 0.308 e. The number of fused-ring (bicyclic) bond motifs is 6. The number of rotatable bonds is 7. The first-order valence-electron chi connectivity index (χ1n) is 14.2. The van der Waals surface area contributed by atoms with Crippen LogP contribution in [0.1, 0.15) is 118 Å². The zero-order valence-corrected chi connectivity index (χ0v) is 22.6. The van der Waals surface area contributed by atoms with Crippen LogP contribution in [0.15, 0.2) is 36.4 Å². The molecule has 2 fully saturated rings. The molecule has 0 bridgehead atoms. The summed E-state index contributed by atoms with van der Waals surface area (Å²) < 4.78 is 5.90. The number of aryl methyl sites for hydroxylation is 1. The Balaban J connectivity index is 1.37. The number of esters is 1. The lowest BCUT2D eigenvalue weighted by Gasteiger charge is -2.50. The number of benzene rings is 2. The van der Waals surface area contributed by atoms with Gasteiger partial charge in [0.25, 0.3) is 0 Å². The van der Waals surface area contributed by atoms with Gasteiger partial charge in [-0.25, -0.2) is 0 Å². The van der Waals surface area contributed by atoms with E-state index >= 15 is 0 Å². The van der Waals surface area contributed by atoms with Gasteiger partial charge in [-0.3, -0.25) is 4.79 Å². The van der Waals surface area contributed by atoms with Gasteiger partial charge in [-0.15, -0.1) is 0 Å². The third-order valence-corrected chi connectivity index (χ3v) is 9.64. The Morgan fingerprint density at radius 3 is 2.64 bits per heavy atom. The van der Waals surface area contributed by atoms with Crippen LogP contribution in [0, 0.1) is 11.8 Å². The molecule has 0 radical (unpaired) electrons. The van der Waals surface area contributed by atoms with Crippen LogP contribution in [0.3, 0.4) is 0 Å². The highest BCUT2D eigenvalue weighted by molar-refractivity contribution is 6.31. The van der Waals surface area contributed by atoms with Gasteiger partial charge in [0.05, 0.1) is 6.10 Å². The van der Waals surface area contributed by atoms with Crippen LogP contribution in [-0.2, 0) is 11.2 Å². The Hall–Kier alpha value is -1.84. The predicted molar refractivity (Wildman–Crippen MR) is 146 cm³/mol. The first kappa shape index (κ1) is 25.8. The minimum atomic E-state index is -0.249. The Labute approximate surface area is 221 Å². The summed E-state index contributed by atoms with van der Waals surface area (Å²) in [5.74, 6) is 3.16. The Bertz CT molecular complexity index is 1080. The minimum absolute atomic E-state index is 0.246. The fourth-order valence-electron chi connectivity index (χ4n) is 7.68. The van der Waals surface area contributed by atoms with Crippen molar-refractivity contribution in [2.24, 2.45) is 11.8 Å². The molecule has 2 aromatic carbocycles. The van der Waals surface area contributed by atoms with E-state index in [-0.39, 0.29) is 12.1 Å². The van der Waals surface area contributed by atoms with E-state index in [0.717, 1.165) is 55.7 Å². The number of hydrogen-bond donors (Lipinski definition) is 1. The second kappa shape index (κ2) is 11.3. The van der Waals surface area contributed by atoms with Crippen LogP contribution < -0.4 is 4.74 Å². The summed E-state index contributed by atoms with van der Waals surface area (Å²) in [5.41, 5.74) is 5.19. The number of halogens is 1. The molecule has 0 aromatic heterocycles. The number of aliphatic hydroxyl groups excluding tert-OH is 1. The molecule has 4 heteroatoms. The van der Waals surface area contributed by atoms with E-state index in [0.29, 0.717) is 29.6 Å². The highest BCUT2D eigenvalue weighted by Gasteiger charge is 2.47. The fraction of sp³-hybridized carbons (Fsp3) is 0.594. The highest BCUT2D eigenvalue weighted by atomic mass is 35.5. The van der Waals surface area contributed by atoms with Gasteiger partial charge in [0, 0.05) is 17.5 Å². The van der Waals surface area contributed by atoms with Crippen LogP contribution in [0.4, 0.5) is 0 Å². The summed E-state index contributed by atoms with van der Waals surface area (Å²) in [5, 5.41) is 11.4. The van der Waals surface area contributed by atoms with Gasteiger partial charge in [-0.2, -0.15) is 0 Å². The lowest BCUT2D eigenvalue weighted by Crippen LogP contribution is -2.40. The van der Waals surface area contributed by atoms with E-state index in [4.69, 9.17) is 16.3 Å². The van der Waals surface area contributed by atoms with E-state index in [1.165, 1.54) is 54.9 Å². The van der Waals surface area contributed by atoms with Crippen LogP contribution in [0.5, 0.6) is 5.75 Å². The smallest absolute Gasteiger partial charge is 0.308 e. The Kier molecular flexibility index (Phi) is 8.08. The lowest BCUT2D eigenvalue weighted by molar-refractivity contribution is -0.132. The Morgan fingerprint density at radius 2 is 1.83 bits per heavy atom. The van der Waals surface area contributed by atoms with Gasteiger partial charge in [0.15, 0.2) is 0 Å². The number of ether oxygens (including phenoxy) is 1. The third-order valence-electron chi connectivity index (χ3n) is 9.29. The topological polar surface area (TPSA) is 46.5 Å². The van der Waals surface area contributed by atoms with Crippen LogP contribution in [0.25, 0.3) is 0 Å². The van der Waals surface area contributed by atoms with Gasteiger partial charge in [0.1, 0.15) is 5.75 Å². The average molecular weight is 509 g/mol. The summed E-state index contributed by atoms with van der Waals surface area (Å²) in [4.78, 5) is 12.1. The average Bonchev–Trinajstić information content (AvgIpc) is 2.86. The van der Waals surface area contributed by atoms with E-state index in [1.54, 1.807) is 0 Å². The molecule has 3 aliphatic carbocycles. The minimum Gasteiger partial charge on any atom is -0.426 e. The SMILES string of the molecule is CC(=O)Oc1cc(CCCCC(C)c2ccccc2Cl)cc2c1C1CC(O)CCC1C1CCCCC21. The quantitative estimate of drug-likeness (QED) is 0.232. The molecule has 2 aromatic rings. The molecule has 6 atom stereocenters. The highest BCUT2D eigenvalue weighted by Crippen LogP contribution is 2.59. The van der Waals surface area contributed by atoms with E-state index in [2.05, 4.69) is 31.2 Å². The van der Waals surface area contributed by atoms with Crippen molar-refractivity contribution in [2.75, 3.05) is 0 Å². The molecule has 1 N–H and O–H groups in total. The number of aliphatic hydroxyl groups is 1.